The molecule has 0 aromatic carbocycles. The fourth-order valence-electron chi connectivity index (χ4n) is 1.04. The Bertz CT molecular complexity index is 171. The van der Waals surface area contributed by atoms with Gasteiger partial charge in [0.25, 0.3) is 0 Å². The average Bonchev–Trinajstić information content (AvgIpc) is 2.13. The first-order valence-electron chi connectivity index (χ1n) is 3.30. The first kappa shape index (κ1) is 14.2. The Labute approximate surface area is 90.3 Å². The topological polar surface area (TPSA) is 0 Å². The Morgan fingerprint density at radius 3 is 2.09 bits per heavy atom. The molecule has 0 aromatic heterocycles. The molecule has 0 atom stereocenters. The van der Waals surface area contributed by atoms with Gasteiger partial charge < -0.3 is 0 Å². The Morgan fingerprint density at radius 1 is 1.36 bits per heavy atom. The number of halogens is 2. The SMILES string of the molecule is CC(C)C1=[C]([V])CC=C1.Cl.Cl. The fourth-order valence-corrected chi connectivity index (χ4v) is 1.72. The molecule has 0 fully saturated rings. The maximum Gasteiger partial charge on any atom is -0.147 e. The van der Waals surface area contributed by atoms with Gasteiger partial charge in [-0.2, -0.15) is 0 Å². The Morgan fingerprint density at radius 2 is 1.91 bits per heavy atom. The average molecular weight is 231 g/mol. The summed E-state index contributed by atoms with van der Waals surface area (Å²) in [5.41, 5.74) is 1.51. The van der Waals surface area contributed by atoms with E-state index in [4.69, 9.17) is 0 Å². The number of hydrogen-bond donors (Lipinski definition) is 0. The quantitative estimate of drug-likeness (QED) is 0.649. The molecular formula is C8H13Cl2V. The van der Waals surface area contributed by atoms with Crippen molar-refractivity contribution in [3.8, 4) is 0 Å². The second-order valence-corrected chi connectivity index (χ2v) is 3.51. The van der Waals surface area contributed by atoms with Gasteiger partial charge in [-0.05, 0) is 0 Å². The molecule has 0 saturated heterocycles. The molecule has 0 heterocycles. The van der Waals surface area contributed by atoms with Crippen LogP contribution in [0.4, 0.5) is 0 Å². The third kappa shape index (κ3) is 3.71. The molecule has 0 radical (unpaired) electrons. The van der Waals surface area contributed by atoms with Gasteiger partial charge in [0, 0.05) is 0 Å². The molecular weight excluding hydrogens is 218 g/mol. The summed E-state index contributed by atoms with van der Waals surface area (Å²) in [5, 5.41) is 0. The van der Waals surface area contributed by atoms with E-state index in [1.807, 2.05) is 0 Å². The van der Waals surface area contributed by atoms with E-state index in [0.29, 0.717) is 5.92 Å². The summed E-state index contributed by atoms with van der Waals surface area (Å²) in [5.74, 6) is 0.696. The van der Waals surface area contributed by atoms with Crippen LogP contribution in [0.1, 0.15) is 20.3 Å². The van der Waals surface area contributed by atoms with E-state index in [1.165, 1.54) is 9.86 Å². The van der Waals surface area contributed by atoms with Crippen LogP contribution >= 0.6 is 24.8 Å². The molecule has 0 amide bonds. The predicted molar refractivity (Wildman–Crippen MR) is 50.1 cm³/mol. The smallest absolute Gasteiger partial charge is 0.147 e. The molecule has 3 heteroatoms. The minimum atomic E-state index is 0. The van der Waals surface area contributed by atoms with Gasteiger partial charge in [-0.15, -0.1) is 24.8 Å². The van der Waals surface area contributed by atoms with Crippen LogP contribution in [0.3, 0.4) is 0 Å². The van der Waals surface area contributed by atoms with Crippen LogP contribution < -0.4 is 0 Å². The van der Waals surface area contributed by atoms with Crippen molar-refractivity contribution < 1.29 is 17.4 Å². The van der Waals surface area contributed by atoms with Crippen molar-refractivity contribution in [1.82, 2.24) is 0 Å². The van der Waals surface area contributed by atoms with E-state index >= 15 is 0 Å². The molecule has 0 aliphatic heterocycles. The maximum atomic E-state index is 2.65. The largest absolute Gasteiger partial charge is 0.147 e. The summed E-state index contributed by atoms with van der Waals surface area (Å²) < 4.78 is 1.48. The van der Waals surface area contributed by atoms with Crippen molar-refractivity contribution in [2.45, 2.75) is 20.3 Å². The second kappa shape index (κ2) is 6.19. The summed E-state index contributed by atoms with van der Waals surface area (Å²) in [7, 11) is 0. The fraction of sp³-hybridized carbons (Fsp3) is 0.500. The van der Waals surface area contributed by atoms with E-state index in [0.717, 1.165) is 6.42 Å². The molecule has 1 rings (SSSR count). The van der Waals surface area contributed by atoms with Crippen LogP contribution in [0.5, 0.6) is 0 Å². The Kier molecular flexibility index (Phi) is 7.99. The summed E-state index contributed by atoms with van der Waals surface area (Å²) in [4.78, 5) is 0. The number of allylic oxidation sites excluding steroid dienone is 4. The zero-order valence-electron chi connectivity index (χ0n) is 6.70. The third-order valence-corrected chi connectivity index (χ3v) is 2.25. The van der Waals surface area contributed by atoms with Crippen LogP contribution in [0.15, 0.2) is 22.0 Å². The molecule has 0 unspecified atom stereocenters. The van der Waals surface area contributed by atoms with Crippen molar-refractivity contribution in [2.24, 2.45) is 5.92 Å². The van der Waals surface area contributed by atoms with Crippen molar-refractivity contribution in [3.05, 3.63) is 22.0 Å². The minimum Gasteiger partial charge on any atom is -0.147 e. The maximum absolute atomic E-state index is 2.65. The van der Waals surface area contributed by atoms with E-state index in [-0.39, 0.29) is 24.8 Å². The molecule has 1 aliphatic rings. The minimum absolute atomic E-state index is 0. The third-order valence-electron chi connectivity index (χ3n) is 1.56. The molecule has 0 aromatic rings. The first-order chi connectivity index (χ1) is 4.22. The van der Waals surface area contributed by atoms with Gasteiger partial charge in [0.05, 0.1) is 0 Å². The van der Waals surface area contributed by atoms with Gasteiger partial charge in [-0.3, -0.25) is 0 Å². The Hall–Kier alpha value is 0.644. The summed E-state index contributed by atoms with van der Waals surface area (Å²) in [6, 6.07) is 0. The Balaban J connectivity index is 0. The van der Waals surface area contributed by atoms with Crippen LogP contribution in [0.25, 0.3) is 0 Å². The van der Waals surface area contributed by atoms with Gasteiger partial charge in [-0.25, -0.2) is 0 Å². The van der Waals surface area contributed by atoms with Crippen molar-refractivity contribution in [3.63, 3.8) is 0 Å². The summed E-state index contributed by atoms with van der Waals surface area (Å²) in [6.45, 7) is 4.47. The van der Waals surface area contributed by atoms with E-state index in [9.17, 15) is 0 Å². The predicted octanol–water partition coefficient (Wildman–Crippen LogP) is 3.25. The van der Waals surface area contributed by atoms with Gasteiger partial charge in [0.2, 0.25) is 0 Å². The van der Waals surface area contributed by atoms with Gasteiger partial charge >= 0.3 is 65.6 Å². The van der Waals surface area contributed by atoms with E-state index in [2.05, 4.69) is 43.4 Å². The zero-order chi connectivity index (χ0) is 6.85. The van der Waals surface area contributed by atoms with Crippen molar-refractivity contribution in [2.75, 3.05) is 0 Å². The molecule has 64 valence electrons. The van der Waals surface area contributed by atoms with Crippen LogP contribution in [0.2, 0.25) is 0 Å². The molecule has 0 bridgehead atoms. The summed E-state index contributed by atoms with van der Waals surface area (Å²) in [6.07, 6.45) is 5.61. The zero-order valence-corrected chi connectivity index (χ0v) is 9.73. The van der Waals surface area contributed by atoms with E-state index < -0.39 is 0 Å². The molecule has 1 aliphatic carbocycles. The van der Waals surface area contributed by atoms with Gasteiger partial charge in [0.15, 0.2) is 0 Å². The van der Waals surface area contributed by atoms with E-state index in [1.54, 1.807) is 0 Å². The first-order valence-corrected chi connectivity index (χ1v) is 4.00. The molecule has 0 N–H and O–H groups in total. The standard InChI is InChI=1S/C8H11.2ClH.V/c1-7(2)8-5-3-4-6-8;;;/h3,5,7H,4H2,1-2H3;2*1H;. The van der Waals surface area contributed by atoms with Gasteiger partial charge in [0.1, 0.15) is 0 Å². The van der Waals surface area contributed by atoms with Crippen LogP contribution in [-0.4, -0.2) is 0 Å². The van der Waals surface area contributed by atoms with Crippen LogP contribution in [-0.2, 0) is 17.4 Å². The van der Waals surface area contributed by atoms with Crippen LogP contribution in [0, 0.1) is 5.92 Å². The monoisotopic (exact) mass is 230 g/mol. The summed E-state index contributed by atoms with van der Waals surface area (Å²) >= 11 is 2.65. The molecule has 11 heavy (non-hydrogen) atoms. The molecule has 0 spiro atoms. The second-order valence-electron chi connectivity index (χ2n) is 2.66. The molecule has 0 nitrogen and oxygen atoms in total. The van der Waals surface area contributed by atoms with Crippen molar-refractivity contribution >= 4 is 24.8 Å². The number of rotatable bonds is 1. The molecule has 0 saturated carbocycles. The van der Waals surface area contributed by atoms with Gasteiger partial charge in [-0.1, -0.05) is 0 Å². The number of hydrogen-bond acceptors (Lipinski definition) is 0. The van der Waals surface area contributed by atoms with Crippen molar-refractivity contribution in [1.29, 1.82) is 0 Å². The normalized spacial score (nSPS) is 14.8.